The molecule has 1 unspecified atom stereocenters. The topological polar surface area (TPSA) is 37.0 Å². The van der Waals surface area contributed by atoms with Gasteiger partial charge in [0.2, 0.25) is 0 Å². The summed E-state index contributed by atoms with van der Waals surface area (Å²) in [7, 11) is 0. The second-order valence-electron chi connectivity index (χ2n) is 9.27. The van der Waals surface area contributed by atoms with E-state index in [2.05, 4.69) is 22.2 Å². The van der Waals surface area contributed by atoms with Crippen LogP contribution in [0.1, 0.15) is 41.3 Å². The van der Waals surface area contributed by atoms with Crippen molar-refractivity contribution in [1.29, 1.82) is 0 Å². The Bertz CT molecular complexity index is 1360. The number of benzene rings is 3. The maximum absolute atomic E-state index is 13.8. The minimum absolute atomic E-state index is 0.0951. The second kappa shape index (κ2) is 12.2. The molecule has 3 nitrogen and oxygen atoms in total. The van der Waals surface area contributed by atoms with E-state index in [9.17, 15) is 13.2 Å². The van der Waals surface area contributed by atoms with E-state index >= 15 is 0 Å². The first kappa shape index (κ1) is 27.3. The van der Waals surface area contributed by atoms with Crippen molar-refractivity contribution in [2.75, 3.05) is 5.32 Å². The van der Waals surface area contributed by atoms with Crippen molar-refractivity contribution in [3.05, 3.63) is 143 Å². The number of nitrogens with one attached hydrogen (secondary N) is 2. The van der Waals surface area contributed by atoms with Gasteiger partial charge in [0.15, 0.2) is 0 Å². The van der Waals surface area contributed by atoms with Crippen molar-refractivity contribution in [3.63, 3.8) is 0 Å². The fourth-order valence-electron chi connectivity index (χ4n) is 4.55. The highest BCUT2D eigenvalue weighted by Crippen LogP contribution is 2.36. The number of nitrogens with zero attached hydrogens (tertiary/aromatic N) is 1. The van der Waals surface area contributed by atoms with E-state index in [0.29, 0.717) is 34.9 Å². The summed E-state index contributed by atoms with van der Waals surface area (Å²) in [5, 5.41) is 7.19. The highest BCUT2D eigenvalue weighted by molar-refractivity contribution is 6.30. The minimum Gasteiger partial charge on any atom is -0.357 e. The molecule has 0 amide bonds. The number of hydrogen-bond acceptors (Lipinski definition) is 3. The van der Waals surface area contributed by atoms with E-state index < -0.39 is 18.1 Å². The molecule has 196 valence electrons. The quantitative estimate of drug-likeness (QED) is 0.203. The molecule has 2 atom stereocenters. The van der Waals surface area contributed by atoms with Gasteiger partial charge in [-0.3, -0.25) is 4.98 Å². The van der Waals surface area contributed by atoms with Crippen LogP contribution in [0.25, 0.3) is 0 Å². The zero-order chi connectivity index (χ0) is 27.1. The molecule has 7 heteroatoms. The standard InChI is InChI=1S/C31H29ClF3N3/c1-21(33)16-24-10-6-13-28(17-24)37-22(2)38-31(19-23-8-4-3-5-9-23,29-15-14-27(32)20-36-29)26-12-7-11-25(18-26)30(34)35/h3-15,17-18,20-21,30,37-38H,2,16,19H2,1H3/t21?,31-/m0/s1. The van der Waals surface area contributed by atoms with Gasteiger partial charge in [-0.05, 0) is 53.9 Å². The van der Waals surface area contributed by atoms with Crippen molar-refractivity contribution in [2.45, 2.75) is 37.9 Å². The van der Waals surface area contributed by atoms with Crippen molar-refractivity contribution >= 4 is 17.3 Å². The summed E-state index contributed by atoms with van der Waals surface area (Å²) in [6.45, 7) is 5.71. The third kappa shape index (κ3) is 6.75. The van der Waals surface area contributed by atoms with Crippen LogP contribution in [-0.2, 0) is 18.4 Å². The average molecular weight is 536 g/mol. The summed E-state index contributed by atoms with van der Waals surface area (Å²) < 4.78 is 41.2. The third-order valence-corrected chi connectivity index (χ3v) is 6.44. The zero-order valence-electron chi connectivity index (χ0n) is 21.0. The van der Waals surface area contributed by atoms with Crippen LogP contribution in [0.2, 0.25) is 5.02 Å². The Morgan fingerprint density at radius 2 is 1.66 bits per heavy atom. The molecular formula is C31H29ClF3N3. The molecule has 3 aromatic carbocycles. The number of anilines is 1. The van der Waals surface area contributed by atoms with Gasteiger partial charge < -0.3 is 10.6 Å². The number of alkyl halides is 3. The van der Waals surface area contributed by atoms with Gasteiger partial charge in [-0.15, -0.1) is 0 Å². The Kier molecular flexibility index (Phi) is 8.74. The van der Waals surface area contributed by atoms with Crippen molar-refractivity contribution in [2.24, 2.45) is 0 Å². The Labute approximate surface area is 226 Å². The highest BCUT2D eigenvalue weighted by Gasteiger charge is 2.37. The molecule has 0 bridgehead atoms. The maximum atomic E-state index is 13.8. The number of hydrogen-bond donors (Lipinski definition) is 2. The van der Waals surface area contributed by atoms with Gasteiger partial charge in [-0.2, -0.15) is 0 Å². The smallest absolute Gasteiger partial charge is 0.263 e. The molecule has 1 aromatic heterocycles. The SMILES string of the molecule is C=C(Nc1cccc(CC(C)F)c1)N[C@@](Cc1ccccc1)(c1cccc(C(F)F)c1)c1ccc(Cl)cn1. The van der Waals surface area contributed by atoms with E-state index in [1.165, 1.54) is 25.3 Å². The summed E-state index contributed by atoms with van der Waals surface area (Å²) in [6.07, 6.45) is -1.39. The van der Waals surface area contributed by atoms with Gasteiger partial charge in [0.1, 0.15) is 11.7 Å². The normalized spacial score (nSPS) is 13.5. The van der Waals surface area contributed by atoms with Crippen LogP contribution in [0.3, 0.4) is 0 Å². The summed E-state index contributed by atoms with van der Waals surface area (Å²) in [5.41, 5.74) is 2.54. The van der Waals surface area contributed by atoms with E-state index in [4.69, 9.17) is 11.6 Å². The summed E-state index contributed by atoms with van der Waals surface area (Å²) in [5.74, 6) is 0.422. The lowest BCUT2D eigenvalue weighted by atomic mass is 9.80. The predicted molar refractivity (Wildman–Crippen MR) is 148 cm³/mol. The van der Waals surface area contributed by atoms with Gasteiger partial charge in [0.25, 0.3) is 6.43 Å². The van der Waals surface area contributed by atoms with Crippen molar-refractivity contribution in [3.8, 4) is 0 Å². The molecule has 0 saturated carbocycles. The highest BCUT2D eigenvalue weighted by atomic mass is 35.5. The molecule has 4 aromatic rings. The van der Waals surface area contributed by atoms with Crippen LogP contribution in [0.4, 0.5) is 18.9 Å². The minimum atomic E-state index is -2.63. The van der Waals surface area contributed by atoms with E-state index in [0.717, 1.165) is 16.8 Å². The first-order valence-corrected chi connectivity index (χ1v) is 12.6. The summed E-state index contributed by atoms with van der Waals surface area (Å²) in [6, 6.07) is 27.0. The molecule has 0 aliphatic carbocycles. The Morgan fingerprint density at radius 1 is 0.921 bits per heavy atom. The first-order valence-electron chi connectivity index (χ1n) is 12.3. The van der Waals surface area contributed by atoms with E-state index in [-0.39, 0.29) is 5.56 Å². The van der Waals surface area contributed by atoms with Crippen LogP contribution in [-0.4, -0.2) is 11.2 Å². The van der Waals surface area contributed by atoms with E-state index in [1.54, 1.807) is 24.3 Å². The van der Waals surface area contributed by atoms with Crippen LogP contribution in [0, 0.1) is 0 Å². The van der Waals surface area contributed by atoms with Crippen LogP contribution in [0.5, 0.6) is 0 Å². The summed E-state index contributed by atoms with van der Waals surface area (Å²) in [4.78, 5) is 4.61. The van der Waals surface area contributed by atoms with Crippen LogP contribution in [0.15, 0.2) is 110 Å². The molecule has 38 heavy (non-hydrogen) atoms. The Hall–Kier alpha value is -3.77. The average Bonchev–Trinajstić information content (AvgIpc) is 2.89. The molecular weight excluding hydrogens is 507 g/mol. The van der Waals surface area contributed by atoms with E-state index in [1.807, 2.05) is 54.6 Å². The molecule has 2 N–H and O–H groups in total. The zero-order valence-corrected chi connectivity index (χ0v) is 21.7. The Morgan fingerprint density at radius 3 is 2.34 bits per heavy atom. The molecule has 0 fully saturated rings. The molecule has 0 aliphatic rings. The van der Waals surface area contributed by atoms with Crippen LogP contribution < -0.4 is 10.6 Å². The van der Waals surface area contributed by atoms with Gasteiger partial charge in [0, 0.05) is 30.3 Å². The molecule has 1 heterocycles. The Balaban J connectivity index is 1.79. The monoisotopic (exact) mass is 535 g/mol. The number of rotatable bonds is 11. The number of pyridine rings is 1. The predicted octanol–water partition coefficient (Wildman–Crippen LogP) is 8.23. The number of halogens is 4. The largest absolute Gasteiger partial charge is 0.357 e. The van der Waals surface area contributed by atoms with Gasteiger partial charge in [-0.1, -0.05) is 78.8 Å². The molecule has 0 spiro atoms. The lowest BCUT2D eigenvalue weighted by molar-refractivity contribution is 0.151. The van der Waals surface area contributed by atoms with Crippen molar-refractivity contribution < 1.29 is 13.2 Å². The molecule has 0 radical (unpaired) electrons. The first-order chi connectivity index (χ1) is 18.2. The second-order valence-corrected chi connectivity index (χ2v) is 9.71. The maximum Gasteiger partial charge on any atom is 0.263 e. The van der Waals surface area contributed by atoms with Gasteiger partial charge in [0.05, 0.1) is 16.5 Å². The molecule has 4 rings (SSSR count). The van der Waals surface area contributed by atoms with Crippen molar-refractivity contribution in [1.82, 2.24) is 10.3 Å². The fourth-order valence-corrected chi connectivity index (χ4v) is 4.67. The molecule has 0 saturated heterocycles. The third-order valence-electron chi connectivity index (χ3n) is 6.21. The van der Waals surface area contributed by atoms with Gasteiger partial charge >= 0.3 is 0 Å². The molecule has 0 aliphatic heterocycles. The van der Waals surface area contributed by atoms with Crippen LogP contribution >= 0.6 is 11.6 Å². The lowest BCUT2D eigenvalue weighted by Gasteiger charge is -2.37. The fraction of sp³-hybridized carbons (Fsp3) is 0.194. The lowest BCUT2D eigenvalue weighted by Crippen LogP contribution is -2.46. The summed E-state index contributed by atoms with van der Waals surface area (Å²) >= 11 is 6.16. The number of aromatic nitrogens is 1. The van der Waals surface area contributed by atoms with Gasteiger partial charge in [-0.25, -0.2) is 13.2 Å².